The Morgan fingerprint density at radius 3 is 2.08 bits per heavy atom. The first-order valence-corrected chi connectivity index (χ1v) is 3.81. The van der Waals surface area contributed by atoms with E-state index in [0.717, 1.165) is 0 Å². The van der Waals surface area contributed by atoms with E-state index in [1.807, 2.05) is 0 Å². The topological polar surface area (TPSA) is 90.2 Å². The minimum absolute atomic E-state index is 0.0906. The molecule has 5 heteroatoms. The first-order chi connectivity index (χ1) is 5.61. The molecule has 0 amide bonds. The van der Waals surface area contributed by atoms with Gasteiger partial charge in [0.15, 0.2) is 0 Å². The molecule has 0 saturated carbocycles. The van der Waals surface area contributed by atoms with Gasteiger partial charge in [-0.25, -0.2) is 0 Å². The maximum Gasteiger partial charge on any atom is 0.106 e. The van der Waals surface area contributed by atoms with Crippen molar-refractivity contribution in [2.24, 2.45) is 0 Å². The predicted molar refractivity (Wildman–Crippen MR) is 41.6 cm³/mol. The molecule has 74 valence electrons. The van der Waals surface area contributed by atoms with Crippen LogP contribution in [0.3, 0.4) is 0 Å². The van der Waals surface area contributed by atoms with Crippen LogP contribution < -0.4 is 0 Å². The zero-order chi connectivity index (χ0) is 9.56. The molecular formula is C7H16O5. The van der Waals surface area contributed by atoms with Crippen LogP contribution in [0.5, 0.6) is 0 Å². The number of ether oxygens (including phenoxy) is 1. The van der Waals surface area contributed by atoms with E-state index in [9.17, 15) is 0 Å². The fourth-order valence-electron chi connectivity index (χ4n) is 0.632. The normalized spacial score (nSPS) is 18.8. The van der Waals surface area contributed by atoms with Gasteiger partial charge in [0.2, 0.25) is 0 Å². The van der Waals surface area contributed by atoms with E-state index in [1.54, 1.807) is 0 Å². The summed E-state index contributed by atoms with van der Waals surface area (Å²) in [6, 6.07) is 0. The average molecular weight is 180 g/mol. The summed E-state index contributed by atoms with van der Waals surface area (Å²) in [6.07, 6.45) is -2.45. The van der Waals surface area contributed by atoms with E-state index < -0.39 is 24.9 Å². The average Bonchev–Trinajstić information content (AvgIpc) is 2.04. The number of aliphatic hydroxyl groups is 4. The van der Waals surface area contributed by atoms with Crippen LogP contribution in [0, 0.1) is 0 Å². The van der Waals surface area contributed by atoms with Gasteiger partial charge in [-0.1, -0.05) is 0 Å². The molecule has 0 aliphatic rings. The second-order valence-corrected chi connectivity index (χ2v) is 2.63. The van der Waals surface area contributed by atoms with Gasteiger partial charge in [-0.3, -0.25) is 0 Å². The van der Waals surface area contributed by atoms with E-state index in [0.29, 0.717) is 0 Å². The molecule has 0 bridgehead atoms. The highest BCUT2D eigenvalue weighted by molar-refractivity contribution is 4.63. The molecule has 0 aromatic rings. The molecule has 0 radical (unpaired) electrons. The lowest BCUT2D eigenvalue weighted by Crippen LogP contribution is -2.33. The molecule has 1 unspecified atom stereocenters. The Morgan fingerprint density at radius 2 is 1.75 bits per heavy atom. The predicted octanol–water partition coefficient (Wildman–Crippen LogP) is -1.90. The van der Waals surface area contributed by atoms with Gasteiger partial charge in [0.25, 0.3) is 0 Å². The number of rotatable bonds is 6. The van der Waals surface area contributed by atoms with E-state index >= 15 is 0 Å². The van der Waals surface area contributed by atoms with Crippen molar-refractivity contribution in [1.29, 1.82) is 0 Å². The largest absolute Gasteiger partial charge is 0.394 e. The summed E-state index contributed by atoms with van der Waals surface area (Å²) in [6.45, 7) is 0.687. The van der Waals surface area contributed by atoms with Crippen molar-refractivity contribution in [1.82, 2.24) is 0 Å². The van der Waals surface area contributed by atoms with Crippen molar-refractivity contribution < 1.29 is 25.2 Å². The van der Waals surface area contributed by atoms with Gasteiger partial charge in [-0.2, -0.15) is 0 Å². The van der Waals surface area contributed by atoms with Crippen molar-refractivity contribution in [3.05, 3.63) is 0 Å². The number of hydrogen-bond donors (Lipinski definition) is 4. The van der Waals surface area contributed by atoms with E-state index in [-0.39, 0.29) is 13.2 Å². The highest BCUT2D eigenvalue weighted by Crippen LogP contribution is 1.98. The summed E-state index contributed by atoms with van der Waals surface area (Å²) < 4.78 is 4.90. The standard InChI is InChI=1S/C7H16O5/c1-5(10)7(3-9)12-4-6(11)2-8/h5-11H,2-4H2,1H3/t5-,6+,7?/m1/s1. The zero-order valence-corrected chi connectivity index (χ0v) is 7.05. The molecule has 0 heterocycles. The van der Waals surface area contributed by atoms with Crippen LogP contribution in [0.25, 0.3) is 0 Å². The Hall–Kier alpha value is -0.200. The van der Waals surface area contributed by atoms with Gasteiger partial charge in [0.1, 0.15) is 12.2 Å². The van der Waals surface area contributed by atoms with Gasteiger partial charge in [0, 0.05) is 0 Å². The molecule has 0 fully saturated rings. The summed E-state index contributed by atoms with van der Waals surface area (Å²) in [4.78, 5) is 0. The minimum Gasteiger partial charge on any atom is -0.394 e. The van der Waals surface area contributed by atoms with Crippen LogP contribution in [0.15, 0.2) is 0 Å². The maximum absolute atomic E-state index is 8.97. The van der Waals surface area contributed by atoms with Crippen LogP contribution >= 0.6 is 0 Å². The Balaban J connectivity index is 3.58. The van der Waals surface area contributed by atoms with Gasteiger partial charge < -0.3 is 25.2 Å². The minimum atomic E-state index is -0.960. The highest BCUT2D eigenvalue weighted by Gasteiger charge is 2.15. The van der Waals surface area contributed by atoms with Gasteiger partial charge >= 0.3 is 0 Å². The monoisotopic (exact) mass is 180 g/mol. The first-order valence-electron chi connectivity index (χ1n) is 3.81. The maximum atomic E-state index is 8.97. The third-order valence-corrected chi connectivity index (χ3v) is 1.43. The van der Waals surface area contributed by atoms with Gasteiger partial charge in [-0.15, -0.1) is 0 Å². The van der Waals surface area contributed by atoms with Crippen LogP contribution in [-0.2, 0) is 4.74 Å². The molecule has 0 spiro atoms. The molecule has 5 nitrogen and oxygen atoms in total. The zero-order valence-electron chi connectivity index (χ0n) is 7.05. The van der Waals surface area contributed by atoms with Crippen LogP contribution in [0.2, 0.25) is 0 Å². The third kappa shape index (κ3) is 4.63. The van der Waals surface area contributed by atoms with E-state index in [1.165, 1.54) is 6.92 Å². The molecule has 0 aromatic carbocycles. The Bertz CT molecular complexity index is 106. The van der Waals surface area contributed by atoms with Crippen molar-refractivity contribution in [3.63, 3.8) is 0 Å². The fraction of sp³-hybridized carbons (Fsp3) is 1.00. The molecule has 3 atom stereocenters. The fourth-order valence-corrected chi connectivity index (χ4v) is 0.632. The van der Waals surface area contributed by atoms with Crippen LogP contribution in [0.1, 0.15) is 6.92 Å². The lowest BCUT2D eigenvalue weighted by Gasteiger charge is -2.19. The van der Waals surface area contributed by atoms with Crippen LogP contribution in [0.4, 0.5) is 0 Å². The molecule has 0 saturated heterocycles. The van der Waals surface area contributed by atoms with Gasteiger partial charge in [0.05, 0.1) is 25.9 Å². The third-order valence-electron chi connectivity index (χ3n) is 1.43. The van der Waals surface area contributed by atoms with Crippen molar-refractivity contribution in [3.8, 4) is 0 Å². The summed E-state index contributed by atoms with van der Waals surface area (Å²) in [5.41, 5.74) is 0. The van der Waals surface area contributed by atoms with Crippen molar-refractivity contribution >= 4 is 0 Å². The van der Waals surface area contributed by atoms with Crippen LogP contribution in [-0.4, -0.2) is 58.6 Å². The number of hydrogen-bond acceptors (Lipinski definition) is 5. The smallest absolute Gasteiger partial charge is 0.106 e. The molecule has 4 N–H and O–H groups in total. The SMILES string of the molecule is C[C@@H](O)C(CO)OC[C@@H](O)CO. The number of aliphatic hydroxyl groups excluding tert-OH is 4. The molecular weight excluding hydrogens is 164 g/mol. The molecule has 0 rings (SSSR count). The Morgan fingerprint density at radius 1 is 1.17 bits per heavy atom. The van der Waals surface area contributed by atoms with E-state index in [2.05, 4.69) is 0 Å². The molecule has 12 heavy (non-hydrogen) atoms. The second kappa shape index (κ2) is 6.33. The van der Waals surface area contributed by atoms with E-state index in [4.69, 9.17) is 25.2 Å². The lowest BCUT2D eigenvalue weighted by molar-refractivity contribution is -0.0878. The van der Waals surface area contributed by atoms with Crippen molar-refractivity contribution in [2.45, 2.75) is 25.2 Å². The van der Waals surface area contributed by atoms with Gasteiger partial charge in [-0.05, 0) is 6.92 Å². The molecule has 0 aliphatic heterocycles. The summed E-state index contributed by atoms with van der Waals surface area (Å²) in [5.74, 6) is 0. The first kappa shape index (κ1) is 11.8. The van der Waals surface area contributed by atoms with Crippen molar-refractivity contribution in [2.75, 3.05) is 19.8 Å². The molecule has 0 aliphatic carbocycles. The summed E-state index contributed by atoms with van der Waals surface area (Å²) in [7, 11) is 0. The Labute approximate surface area is 71.2 Å². The summed E-state index contributed by atoms with van der Waals surface area (Å²) >= 11 is 0. The highest BCUT2D eigenvalue weighted by atomic mass is 16.5. The Kier molecular flexibility index (Phi) is 6.23. The quantitative estimate of drug-likeness (QED) is 0.383. The lowest BCUT2D eigenvalue weighted by atomic mass is 10.2. The second-order valence-electron chi connectivity index (χ2n) is 2.63. The molecule has 0 aromatic heterocycles. The summed E-state index contributed by atoms with van der Waals surface area (Å²) in [5, 5.41) is 34.9.